The summed E-state index contributed by atoms with van der Waals surface area (Å²) in [6.07, 6.45) is 8.21. The lowest BCUT2D eigenvalue weighted by molar-refractivity contribution is 0.623. The maximum Gasteiger partial charge on any atom is 0.119 e. The summed E-state index contributed by atoms with van der Waals surface area (Å²) in [6, 6.07) is 30.6. The molecule has 4 aromatic rings. The second kappa shape index (κ2) is 8.51. The number of hydrogen-bond donors (Lipinski definition) is 0. The molecule has 1 atom stereocenters. The fraction of sp³-hybridized carbons (Fsp3) is 0.310. The minimum atomic E-state index is -1.79. The van der Waals surface area contributed by atoms with Crippen LogP contribution in [0.4, 0.5) is 0 Å². The van der Waals surface area contributed by atoms with Gasteiger partial charge in [-0.25, -0.2) is 0 Å². The number of unbranched alkanes of at least 4 members (excludes halogenated alkanes) is 5. The SMILES string of the molecule is CCCCCCCC[Si]1(C)c2ccccc2-c2c1c1ccccc1n2-c1ccccc1. The Labute approximate surface area is 187 Å². The van der Waals surface area contributed by atoms with Crippen LogP contribution in [0.1, 0.15) is 45.4 Å². The van der Waals surface area contributed by atoms with Crippen LogP contribution >= 0.6 is 0 Å². The van der Waals surface area contributed by atoms with E-state index in [1.807, 2.05) is 0 Å². The fourth-order valence-electron chi connectivity index (χ4n) is 5.72. The molecule has 2 heterocycles. The van der Waals surface area contributed by atoms with Crippen molar-refractivity contribution in [2.75, 3.05) is 0 Å². The average Bonchev–Trinajstić information content (AvgIpc) is 3.29. The fourth-order valence-corrected chi connectivity index (χ4v) is 10.3. The first-order valence-electron chi connectivity index (χ1n) is 12.0. The maximum absolute atomic E-state index is 2.63. The van der Waals surface area contributed by atoms with E-state index in [-0.39, 0.29) is 0 Å². The molecule has 1 aliphatic rings. The summed E-state index contributed by atoms with van der Waals surface area (Å²) in [5.74, 6) is 0. The molecule has 5 rings (SSSR count). The minimum Gasteiger partial charge on any atom is -0.309 e. The van der Waals surface area contributed by atoms with Crippen molar-refractivity contribution in [1.82, 2.24) is 4.57 Å². The molecule has 31 heavy (non-hydrogen) atoms. The van der Waals surface area contributed by atoms with Crippen LogP contribution in [0.25, 0.3) is 27.8 Å². The van der Waals surface area contributed by atoms with E-state index in [1.165, 1.54) is 72.4 Å². The third-order valence-corrected chi connectivity index (χ3v) is 11.8. The molecular formula is C29H33NSi. The highest BCUT2D eigenvalue weighted by atomic mass is 28.3. The largest absolute Gasteiger partial charge is 0.309 e. The first kappa shape index (κ1) is 20.3. The zero-order valence-electron chi connectivity index (χ0n) is 18.9. The van der Waals surface area contributed by atoms with Crippen molar-refractivity contribution in [1.29, 1.82) is 0 Å². The standard InChI is InChI=1S/C29H33NSi/c1-3-4-5-6-7-15-22-31(2)27-21-14-12-19-25(27)28-29(31)24-18-11-13-20-26(24)30(28)23-16-9-8-10-17-23/h8-14,16-21H,3-7,15,22H2,1-2H3. The Balaban J connectivity index is 1.65. The van der Waals surface area contributed by atoms with E-state index in [0.717, 1.165) is 0 Å². The van der Waals surface area contributed by atoms with Crippen LogP contribution in [0.3, 0.4) is 0 Å². The topological polar surface area (TPSA) is 4.93 Å². The van der Waals surface area contributed by atoms with Gasteiger partial charge in [0.2, 0.25) is 0 Å². The molecule has 1 aliphatic heterocycles. The Morgan fingerprint density at radius 3 is 2.23 bits per heavy atom. The number of aromatic nitrogens is 1. The molecular weight excluding hydrogens is 390 g/mol. The van der Waals surface area contributed by atoms with E-state index < -0.39 is 8.07 Å². The van der Waals surface area contributed by atoms with Crippen LogP contribution in [-0.4, -0.2) is 12.6 Å². The van der Waals surface area contributed by atoms with Crippen molar-refractivity contribution in [3.8, 4) is 16.9 Å². The van der Waals surface area contributed by atoms with Crippen LogP contribution < -0.4 is 10.4 Å². The molecule has 0 saturated carbocycles. The molecule has 158 valence electrons. The van der Waals surface area contributed by atoms with Crippen molar-refractivity contribution >= 4 is 29.4 Å². The van der Waals surface area contributed by atoms with E-state index >= 15 is 0 Å². The van der Waals surface area contributed by atoms with Crippen molar-refractivity contribution in [3.63, 3.8) is 0 Å². The van der Waals surface area contributed by atoms with Gasteiger partial charge in [0.1, 0.15) is 8.07 Å². The lowest BCUT2D eigenvalue weighted by Crippen LogP contribution is -2.52. The second-order valence-corrected chi connectivity index (χ2v) is 13.5. The molecule has 0 amide bonds. The summed E-state index contributed by atoms with van der Waals surface area (Å²) in [7, 11) is -1.79. The van der Waals surface area contributed by atoms with Crippen molar-refractivity contribution in [2.24, 2.45) is 0 Å². The monoisotopic (exact) mass is 423 g/mol. The van der Waals surface area contributed by atoms with Crippen LogP contribution in [0.2, 0.25) is 12.6 Å². The number of hydrogen-bond acceptors (Lipinski definition) is 0. The normalized spacial score (nSPS) is 17.1. The predicted octanol–water partition coefficient (Wildman–Crippen LogP) is 7.16. The van der Waals surface area contributed by atoms with Crippen LogP contribution in [0, 0.1) is 0 Å². The first-order valence-corrected chi connectivity index (χ1v) is 14.8. The van der Waals surface area contributed by atoms with Gasteiger partial charge in [0, 0.05) is 11.1 Å². The van der Waals surface area contributed by atoms with Gasteiger partial charge in [-0.15, -0.1) is 0 Å². The lowest BCUT2D eigenvalue weighted by Gasteiger charge is -2.25. The molecule has 0 radical (unpaired) electrons. The van der Waals surface area contributed by atoms with E-state index in [1.54, 1.807) is 10.4 Å². The van der Waals surface area contributed by atoms with E-state index in [9.17, 15) is 0 Å². The summed E-state index contributed by atoms with van der Waals surface area (Å²) in [6.45, 7) is 4.93. The number of nitrogens with zero attached hydrogens (tertiary/aromatic N) is 1. The Hall–Kier alpha value is -2.58. The van der Waals surface area contributed by atoms with Gasteiger partial charge >= 0.3 is 0 Å². The van der Waals surface area contributed by atoms with Gasteiger partial charge < -0.3 is 4.57 Å². The third-order valence-electron chi connectivity index (χ3n) is 7.25. The summed E-state index contributed by atoms with van der Waals surface area (Å²) in [5, 5.41) is 4.78. The third kappa shape index (κ3) is 3.38. The number of para-hydroxylation sites is 2. The summed E-state index contributed by atoms with van der Waals surface area (Å²) in [5.41, 5.74) is 5.56. The maximum atomic E-state index is 2.63. The van der Waals surface area contributed by atoms with Gasteiger partial charge in [-0.05, 0) is 40.2 Å². The van der Waals surface area contributed by atoms with Crippen LogP contribution in [0.15, 0.2) is 78.9 Å². The highest BCUT2D eigenvalue weighted by molar-refractivity contribution is 7.06. The Morgan fingerprint density at radius 2 is 1.39 bits per heavy atom. The zero-order valence-corrected chi connectivity index (χ0v) is 19.9. The van der Waals surface area contributed by atoms with Crippen molar-refractivity contribution in [2.45, 2.75) is 58.0 Å². The lowest BCUT2D eigenvalue weighted by atomic mass is 10.1. The minimum absolute atomic E-state index is 1.27. The summed E-state index contributed by atoms with van der Waals surface area (Å²) >= 11 is 0. The quantitative estimate of drug-likeness (QED) is 0.209. The van der Waals surface area contributed by atoms with Crippen molar-refractivity contribution < 1.29 is 0 Å². The molecule has 0 N–H and O–H groups in total. The van der Waals surface area contributed by atoms with Gasteiger partial charge in [-0.3, -0.25) is 0 Å². The Kier molecular flexibility index (Phi) is 5.58. The second-order valence-electron chi connectivity index (χ2n) is 9.31. The van der Waals surface area contributed by atoms with Crippen LogP contribution in [0.5, 0.6) is 0 Å². The first-order chi connectivity index (χ1) is 15.3. The molecule has 1 nitrogen and oxygen atoms in total. The van der Waals surface area contributed by atoms with Gasteiger partial charge in [-0.1, -0.05) is 113 Å². The number of benzene rings is 3. The zero-order chi connectivity index (χ0) is 21.3. The van der Waals surface area contributed by atoms with Gasteiger partial charge in [0.05, 0.1) is 11.2 Å². The van der Waals surface area contributed by atoms with Crippen LogP contribution in [-0.2, 0) is 0 Å². The number of rotatable bonds is 8. The highest BCUT2D eigenvalue weighted by Crippen LogP contribution is 2.38. The molecule has 1 aromatic heterocycles. The molecule has 0 saturated heterocycles. The molecule has 2 heteroatoms. The Bertz CT molecular complexity index is 1190. The van der Waals surface area contributed by atoms with Gasteiger partial charge in [0.15, 0.2) is 0 Å². The highest BCUT2D eigenvalue weighted by Gasteiger charge is 2.44. The molecule has 1 unspecified atom stereocenters. The van der Waals surface area contributed by atoms with Gasteiger partial charge in [-0.2, -0.15) is 0 Å². The summed E-state index contributed by atoms with van der Waals surface area (Å²) < 4.78 is 2.53. The average molecular weight is 424 g/mol. The van der Waals surface area contributed by atoms with Gasteiger partial charge in [0.25, 0.3) is 0 Å². The molecule has 0 aliphatic carbocycles. The van der Waals surface area contributed by atoms with E-state index in [4.69, 9.17) is 0 Å². The molecule has 0 bridgehead atoms. The predicted molar refractivity (Wildman–Crippen MR) is 138 cm³/mol. The van der Waals surface area contributed by atoms with Crippen molar-refractivity contribution in [3.05, 3.63) is 78.9 Å². The molecule has 3 aromatic carbocycles. The smallest absolute Gasteiger partial charge is 0.119 e. The molecule has 0 spiro atoms. The Morgan fingerprint density at radius 1 is 0.710 bits per heavy atom. The number of fused-ring (bicyclic) bond motifs is 5. The van der Waals surface area contributed by atoms with E-state index in [0.29, 0.717) is 0 Å². The van der Waals surface area contributed by atoms with E-state index in [2.05, 4.69) is 96.9 Å². The summed E-state index contributed by atoms with van der Waals surface area (Å²) in [4.78, 5) is 0. The molecule has 0 fully saturated rings.